The molecule has 2 aromatic rings. The van der Waals surface area contributed by atoms with E-state index in [0.29, 0.717) is 23.2 Å². The van der Waals surface area contributed by atoms with Crippen molar-refractivity contribution in [2.24, 2.45) is 5.92 Å². The molecule has 11 heteroatoms. The van der Waals surface area contributed by atoms with Crippen LogP contribution in [0, 0.1) is 12.8 Å². The Bertz CT molecular complexity index is 1240. The number of aromatic nitrogens is 2. The lowest BCUT2D eigenvalue weighted by atomic mass is 9.94. The van der Waals surface area contributed by atoms with Gasteiger partial charge in [0.25, 0.3) is 5.91 Å². The van der Waals surface area contributed by atoms with Crippen LogP contribution in [0.5, 0.6) is 0 Å². The van der Waals surface area contributed by atoms with Gasteiger partial charge in [-0.15, -0.1) is 0 Å². The van der Waals surface area contributed by atoms with Gasteiger partial charge in [-0.2, -0.15) is 4.31 Å². The first-order valence-corrected chi connectivity index (χ1v) is 14.2. The minimum Gasteiger partial charge on any atom is -0.468 e. The lowest BCUT2D eigenvalue weighted by Crippen LogP contribution is -2.39. The number of benzene rings is 1. The minimum atomic E-state index is -3.90. The summed E-state index contributed by atoms with van der Waals surface area (Å²) in [5, 5.41) is 2.84. The summed E-state index contributed by atoms with van der Waals surface area (Å²) < 4.78 is 31.1. The van der Waals surface area contributed by atoms with Crippen LogP contribution in [-0.2, 0) is 19.6 Å². The number of nitrogens with zero attached hydrogens (tertiary/aromatic N) is 4. The van der Waals surface area contributed by atoms with E-state index in [1.165, 1.54) is 70.8 Å². The minimum absolute atomic E-state index is 0.0157. The number of rotatable bonds is 10. The van der Waals surface area contributed by atoms with E-state index in [-0.39, 0.29) is 16.5 Å². The maximum atomic E-state index is 13.1. The van der Waals surface area contributed by atoms with Crippen LogP contribution < -0.4 is 10.2 Å². The second-order valence-electron chi connectivity index (χ2n) is 9.92. The van der Waals surface area contributed by atoms with E-state index in [1.54, 1.807) is 13.0 Å². The molecule has 1 aromatic carbocycles. The van der Waals surface area contributed by atoms with E-state index >= 15 is 0 Å². The molecule has 2 saturated carbocycles. The number of likely N-dealkylation sites (N-methyl/N-ethyl adjacent to an activating group) is 1. The molecular formula is C26H35N5O5S. The molecule has 1 amide bonds. The maximum absolute atomic E-state index is 13.1. The topological polar surface area (TPSA) is 122 Å². The molecule has 10 nitrogen and oxygen atoms in total. The summed E-state index contributed by atoms with van der Waals surface area (Å²) in [7, 11) is -1.39. The van der Waals surface area contributed by atoms with Gasteiger partial charge in [0.15, 0.2) is 0 Å². The second kappa shape index (κ2) is 11.6. The van der Waals surface area contributed by atoms with Gasteiger partial charge in [-0.25, -0.2) is 18.4 Å². The highest BCUT2D eigenvalue weighted by Crippen LogP contribution is 2.34. The summed E-state index contributed by atoms with van der Waals surface area (Å²) in [5.74, 6) is 0.430. The first kappa shape index (κ1) is 27.0. The third-order valence-corrected chi connectivity index (χ3v) is 8.88. The number of aryl methyl sites for hydroxylation is 1. The standard InChI is InChI=1S/C26H35N5O5S/c1-18-13-21(37(34,35)30(2)16-25(32)36-3)11-12-22(18)29-26(33)23-14-24(28-17-27-23)31(15-19-9-10-19)20-7-5-4-6-8-20/h11-14,17,19-20H,4-10,15-16H2,1-3H3,(H,29,33). The van der Waals surface area contributed by atoms with Gasteiger partial charge in [0.2, 0.25) is 10.0 Å². The van der Waals surface area contributed by atoms with Crippen molar-refractivity contribution >= 4 is 33.4 Å². The van der Waals surface area contributed by atoms with Crippen LogP contribution >= 0.6 is 0 Å². The number of sulfonamides is 1. The van der Waals surface area contributed by atoms with E-state index in [9.17, 15) is 18.0 Å². The Kier molecular flexibility index (Phi) is 8.43. The molecule has 0 unspecified atom stereocenters. The zero-order valence-electron chi connectivity index (χ0n) is 21.6. The highest BCUT2D eigenvalue weighted by atomic mass is 32.2. The molecule has 0 aliphatic heterocycles. The number of carbonyl (C=O) groups is 2. The SMILES string of the molecule is COC(=O)CN(C)S(=O)(=O)c1ccc(NC(=O)c2cc(N(CC3CC3)C3CCCCC3)ncn2)c(C)c1. The first-order valence-electron chi connectivity index (χ1n) is 12.7. The Balaban J connectivity index is 1.49. The summed E-state index contributed by atoms with van der Waals surface area (Å²) in [6.07, 6.45) is 9.90. The zero-order valence-corrected chi connectivity index (χ0v) is 22.5. The molecule has 200 valence electrons. The molecule has 1 heterocycles. The molecule has 1 N–H and O–H groups in total. The number of anilines is 2. The smallest absolute Gasteiger partial charge is 0.321 e. The van der Waals surface area contributed by atoms with Gasteiger partial charge in [-0.05, 0) is 62.3 Å². The van der Waals surface area contributed by atoms with E-state index in [1.807, 2.05) is 0 Å². The summed E-state index contributed by atoms with van der Waals surface area (Å²) >= 11 is 0. The first-order chi connectivity index (χ1) is 17.7. The second-order valence-corrected chi connectivity index (χ2v) is 12.0. The van der Waals surface area contributed by atoms with E-state index < -0.39 is 22.5 Å². The molecule has 0 bridgehead atoms. The van der Waals surface area contributed by atoms with Gasteiger partial charge >= 0.3 is 5.97 Å². The Hall–Kier alpha value is -3.05. The third kappa shape index (κ3) is 6.64. The number of esters is 1. The zero-order chi connectivity index (χ0) is 26.6. The van der Waals surface area contributed by atoms with Crippen molar-refractivity contribution in [2.45, 2.75) is 62.8 Å². The molecule has 0 saturated heterocycles. The van der Waals surface area contributed by atoms with Crippen LogP contribution in [0.2, 0.25) is 0 Å². The van der Waals surface area contributed by atoms with Crippen LogP contribution in [-0.4, -0.2) is 67.9 Å². The van der Waals surface area contributed by atoms with Crippen LogP contribution in [0.15, 0.2) is 35.5 Å². The summed E-state index contributed by atoms with van der Waals surface area (Å²) in [6, 6.07) is 6.59. The quantitative estimate of drug-likeness (QED) is 0.465. The molecule has 2 aliphatic carbocycles. The molecule has 2 fully saturated rings. The third-order valence-electron chi connectivity index (χ3n) is 7.08. The predicted molar refractivity (Wildman–Crippen MR) is 140 cm³/mol. The van der Waals surface area contributed by atoms with E-state index in [4.69, 9.17) is 0 Å². The predicted octanol–water partition coefficient (Wildman–Crippen LogP) is 3.38. The number of carbonyl (C=O) groups excluding carboxylic acids is 2. The fourth-order valence-electron chi connectivity index (χ4n) is 4.66. The number of hydrogen-bond acceptors (Lipinski definition) is 8. The largest absolute Gasteiger partial charge is 0.468 e. The van der Waals surface area contributed by atoms with Crippen molar-refractivity contribution in [1.29, 1.82) is 0 Å². The van der Waals surface area contributed by atoms with Gasteiger partial charge in [-0.3, -0.25) is 9.59 Å². The molecule has 0 atom stereocenters. The van der Waals surface area contributed by atoms with Gasteiger partial charge in [0, 0.05) is 31.4 Å². The Morgan fingerprint density at radius 1 is 1.08 bits per heavy atom. The molecule has 4 rings (SSSR count). The maximum Gasteiger partial charge on any atom is 0.321 e. The van der Waals surface area contributed by atoms with Crippen LogP contribution in [0.25, 0.3) is 0 Å². The Morgan fingerprint density at radius 2 is 1.81 bits per heavy atom. The van der Waals surface area contributed by atoms with Crippen molar-refractivity contribution in [3.8, 4) is 0 Å². The number of hydrogen-bond donors (Lipinski definition) is 1. The normalized spacial score (nSPS) is 16.4. The lowest BCUT2D eigenvalue weighted by molar-refractivity contribution is -0.140. The molecule has 2 aliphatic rings. The van der Waals surface area contributed by atoms with Crippen LogP contribution in [0.1, 0.15) is 61.0 Å². The average Bonchev–Trinajstić information content (AvgIpc) is 3.73. The Labute approximate surface area is 218 Å². The van der Waals surface area contributed by atoms with Crippen molar-refractivity contribution < 1.29 is 22.7 Å². The van der Waals surface area contributed by atoms with Crippen molar-refractivity contribution in [3.05, 3.63) is 41.9 Å². The number of amides is 1. The van der Waals surface area contributed by atoms with Crippen molar-refractivity contribution in [3.63, 3.8) is 0 Å². The van der Waals surface area contributed by atoms with Gasteiger partial charge < -0.3 is 15.0 Å². The summed E-state index contributed by atoms with van der Waals surface area (Å²) in [4.78, 5) is 35.7. The van der Waals surface area contributed by atoms with E-state index in [0.717, 1.165) is 29.5 Å². The molecule has 0 spiro atoms. The number of nitrogens with one attached hydrogen (secondary N) is 1. The summed E-state index contributed by atoms with van der Waals surface area (Å²) in [5.41, 5.74) is 1.30. The lowest BCUT2D eigenvalue weighted by Gasteiger charge is -2.35. The van der Waals surface area contributed by atoms with Crippen molar-refractivity contribution in [1.82, 2.24) is 14.3 Å². The highest BCUT2D eigenvalue weighted by molar-refractivity contribution is 7.89. The van der Waals surface area contributed by atoms with Crippen LogP contribution in [0.4, 0.5) is 11.5 Å². The van der Waals surface area contributed by atoms with E-state index in [2.05, 4.69) is 24.9 Å². The fourth-order valence-corrected chi connectivity index (χ4v) is 5.86. The highest BCUT2D eigenvalue weighted by Gasteiger charge is 2.30. The van der Waals surface area contributed by atoms with Gasteiger partial charge in [0.05, 0.1) is 12.0 Å². The van der Waals surface area contributed by atoms with Crippen molar-refractivity contribution in [2.75, 3.05) is 37.5 Å². The molecular weight excluding hydrogens is 494 g/mol. The van der Waals surface area contributed by atoms with Gasteiger partial charge in [0.1, 0.15) is 24.4 Å². The molecule has 37 heavy (non-hydrogen) atoms. The molecule has 0 radical (unpaired) electrons. The molecule has 1 aromatic heterocycles. The number of methoxy groups -OCH3 is 1. The average molecular weight is 530 g/mol. The van der Waals surface area contributed by atoms with Gasteiger partial charge in [-0.1, -0.05) is 19.3 Å². The number of ether oxygens (including phenoxy) is 1. The summed E-state index contributed by atoms with van der Waals surface area (Å²) in [6.45, 7) is 2.27. The monoisotopic (exact) mass is 529 g/mol. The fraction of sp³-hybridized carbons (Fsp3) is 0.538. The van der Waals surface area contributed by atoms with Crippen LogP contribution in [0.3, 0.4) is 0 Å². The Morgan fingerprint density at radius 3 is 2.46 bits per heavy atom.